The van der Waals surface area contributed by atoms with Gasteiger partial charge in [0, 0.05) is 24.3 Å². The maximum Gasteiger partial charge on any atom is 0.435 e. The minimum absolute atomic E-state index is 0.0926. The van der Waals surface area contributed by atoms with Gasteiger partial charge in [0.05, 0.1) is 23.8 Å². The number of hydrazine groups is 1. The molecule has 12 nitrogen and oxygen atoms in total. The van der Waals surface area contributed by atoms with Gasteiger partial charge in [-0.05, 0) is 45.0 Å². The van der Waals surface area contributed by atoms with Crippen molar-refractivity contribution in [3.05, 3.63) is 61.0 Å². The predicted octanol–water partition coefficient (Wildman–Crippen LogP) is 2.10. The monoisotopic (exact) mass is 476 g/mol. The van der Waals surface area contributed by atoms with E-state index in [9.17, 15) is 24.0 Å². The van der Waals surface area contributed by atoms with Gasteiger partial charge >= 0.3 is 6.09 Å². The smallest absolute Gasteiger partial charge is 0.435 e. The number of ether oxygens (including phenoxy) is 1. The van der Waals surface area contributed by atoms with Gasteiger partial charge in [-0.3, -0.25) is 24.6 Å². The summed E-state index contributed by atoms with van der Waals surface area (Å²) in [5, 5.41) is 0.997. The molecule has 0 aromatic carbocycles. The van der Waals surface area contributed by atoms with Gasteiger partial charge in [0.15, 0.2) is 5.82 Å². The molecule has 1 N–H and O–H groups in total. The molecule has 12 heteroatoms. The Morgan fingerprint density at radius 3 is 1.69 bits per heavy atom. The number of carbonyl (C=O) groups is 5. The number of nitrogens with one attached hydrogen (secondary N) is 1. The van der Waals surface area contributed by atoms with Crippen LogP contribution in [0.2, 0.25) is 0 Å². The summed E-state index contributed by atoms with van der Waals surface area (Å²) in [4.78, 5) is 70.7. The van der Waals surface area contributed by atoms with Crippen LogP contribution in [0.1, 0.15) is 20.8 Å². The van der Waals surface area contributed by atoms with E-state index in [-0.39, 0.29) is 23.0 Å². The number of carbonyl (C=O) groups excluding carboxylic acids is 5. The zero-order valence-corrected chi connectivity index (χ0v) is 19.0. The highest BCUT2D eigenvalue weighted by Gasteiger charge is 2.29. The van der Waals surface area contributed by atoms with Gasteiger partial charge in [-0.15, -0.1) is 0 Å². The number of imide groups is 2. The topological polar surface area (TPSA) is 142 Å². The van der Waals surface area contributed by atoms with Gasteiger partial charge in [-0.25, -0.2) is 24.6 Å². The lowest BCUT2D eigenvalue weighted by molar-refractivity contribution is -0.121. The van der Waals surface area contributed by atoms with Crippen LogP contribution in [0.25, 0.3) is 0 Å². The van der Waals surface area contributed by atoms with Crippen molar-refractivity contribution in [2.24, 2.45) is 0 Å². The molecular formula is C23H20N6O6. The van der Waals surface area contributed by atoms with E-state index in [4.69, 9.17) is 4.74 Å². The number of aromatic nitrogens is 2. The first-order chi connectivity index (χ1) is 16.5. The zero-order valence-electron chi connectivity index (χ0n) is 19.0. The fourth-order valence-electron chi connectivity index (χ4n) is 3.16. The molecule has 0 unspecified atom stereocenters. The van der Waals surface area contributed by atoms with Crippen LogP contribution in [0.4, 0.5) is 27.8 Å². The summed E-state index contributed by atoms with van der Waals surface area (Å²) in [5.74, 6) is -1.69. The zero-order chi connectivity index (χ0) is 25.3. The van der Waals surface area contributed by atoms with Gasteiger partial charge < -0.3 is 4.74 Å². The molecular weight excluding hydrogens is 456 g/mol. The molecule has 5 amide bonds. The number of pyridine rings is 2. The summed E-state index contributed by atoms with van der Waals surface area (Å²) in [5.41, 5.74) is 2.45. The van der Waals surface area contributed by atoms with Crippen LogP contribution in [0.15, 0.2) is 61.0 Å². The van der Waals surface area contributed by atoms with Gasteiger partial charge in [0.1, 0.15) is 11.4 Å². The number of hydrogen-bond acceptors (Lipinski definition) is 9. The molecule has 35 heavy (non-hydrogen) atoms. The molecule has 0 saturated heterocycles. The Labute approximate surface area is 199 Å². The number of amides is 5. The van der Waals surface area contributed by atoms with Crippen molar-refractivity contribution in [3.63, 3.8) is 0 Å². The van der Waals surface area contributed by atoms with Crippen LogP contribution in [-0.2, 0) is 23.9 Å². The van der Waals surface area contributed by atoms with Gasteiger partial charge in [0.25, 0.3) is 23.6 Å². The van der Waals surface area contributed by atoms with Gasteiger partial charge in [-0.1, -0.05) is 0 Å². The lowest BCUT2D eigenvalue weighted by atomic mass is 10.2. The number of rotatable bonds is 5. The Balaban J connectivity index is 1.58. The number of nitrogens with zero attached hydrogens (tertiary/aromatic N) is 5. The van der Waals surface area contributed by atoms with Crippen molar-refractivity contribution in [2.75, 3.05) is 20.2 Å². The quantitative estimate of drug-likeness (QED) is 0.507. The first-order valence-corrected chi connectivity index (χ1v) is 10.4. The average molecular weight is 476 g/mol. The third-order valence-electron chi connectivity index (χ3n) is 4.65. The maximum atomic E-state index is 12.9. The fourth-order valence-corrected chi connectivity index (χ4v) is 3.16. The van der Waals surface area contributed by atoms with E-state index in [0.29, 0.717) is 0 Å². The van der Waals surface area contributed by atoms with Crippen LogP contribution in [0, 0.1) is 0 Å². The Morgan fingerprint density at radius 2 is 1.29 bits per heavy atom. The molecule has 2 aromatic heterocycles. The molecule has 0 saturated carbocycles. The molecule has 0 atom stereocenters. The lowest BCUT2D eigenvalue weighted by Crippen LogP contribution is -2.41. The van der Waals surface area contributed by atoms with Crippen LogP contribution in [-0.4, -0.2) is 45.3 Å². The van der Waals surface area contributed by atoms with Crippen molar-refractivity contribution in [2.45, 2.75) is 26.4 Å². The Bertz CT molecular complexity index is 1240. The molecule has 0 radical (unpaired) electrons. The normalized spacial score (nSPS) is 15.3. The molecule has 0 bridgehead atoms. The third kappa shape index (κ3) is 4.90. The van der Waals surface area contributed by atoms with Crippen LogP contribution >= 0.6 is 0 Å². The molecule has 0 aliphatic carbocycles. The molecule has 0 fully saturated rings. The highest BCUT2D eigenvalue weighted by Crippen LogP contribution is 2.24. The van der Waals surface area contributed by atoms with E-state index >= 15 is 0 Å². The van der Waals surface area contributed by atoms with E-state index in [1.54, 1.807) is 20.8 Å². The minimum Gasteiger partial charge on any atom is -0.442 e. The number of anilines is 4. The van der Waals surface area contributed by atoms with Gasteiger partial charge in [0.2, 0.25) is 0 Å². The van der Waals surface area contributed by atoms with E-state index in [0.717, 1.165) is 39.1 Å². The molecule has 178 valence electrons. The molecule has 2 aromatic rings. The van der Waals surface area contributed by atoms with Crippen LogP contribution in [0.3, 0.4) is 0 Å². The van der Waals surface area contributed by atoms with Gasteiger partial charge in [-0.2, -0.15) is 5.01 Å². The Kier molecular flexibility index (Phi) is 5.87. The van der Waals surface area contributed by atoms with E-state index in [1.807, 2.05) is 0 Å². The second-order valence-electron chi connectivity index (χ2n) is 8.39. The predicted molar refractivity (Wildman–Crippen MR) is 124 cm³/mol. The minimum atomic E-state index is -0.822. The first kappa shape index (κ1) is 23.3. The first-order valence-electron chi connectivity index (χ1n) is 10.4. The van der Waals surface area contributed by atoms with Crippen LogP contribution < -0.4 is 20.2 Å². The van der Waals surface area contributed by atoms with Crippen molar-refractivity contribution < 1.29 is 28.7 Å². The third-order valence-corrected chi connectivity index (χ3v) is 4.65. The Morgan fingerprint density at radius 1 is 0.800 bits per heavy atom. The van der Waals surface area contributed by atoms with E-state index in [1.165, 1.54) is 36.7 Å². The van der Waals surface area contributed by atoms with E-state index in [2.05, 4.69) is 15.4 Å². The second-order valence-corrected chi connectivity index (χ2v) is 8.39. The molecule has 2 aliphatic heterocycles. The summed E-state index contributed by atoms with van der Waals surface area (Å²) >= 11 is 0. The lowest BCUT2D eigenvalue weighted by Gasteiger charge is -2.27. The summed E-state index contributed by atoms with van der Waals surface area (Å²) in [7, 11) is 0. The second kappa shape index (κ2) is 8.82. The fraction of sp³-hybridized carbons (Fsp3) is 0.174. The van der Waals surface area contributed by atoms with Crippen LogP contribution in [0.5, 0.6) is 0 Å². The van der Waals surface area contributed by atoms with Crippen molar-refractivity contribution in [1.82, 2.24) is 9.97 Å². The Hall–Kier alpha value is -4.87. The summed E-state index contributed by atoms with van der Waals surface area (Å²) in [6, 6.07) is 5.83. The largest absolute Gasteiger partial charge is 0.442 e. The standard InChI is InChI=1S/C23H20N6O6/c1-23(2,3)35-22(34)29(17-7-5-15(13-25-17)28-20(32)10-11-21(28)33)26-16-6-4-14(12-24-16)27-18(30)8-9-19(27)31/h4-13H,1-3H3,(H,24,26). The maximum absolute atomic E-state index is 12.9. The summed E-state index contributed by atoms with van der Waals surface area (Å²) in [6.07, 6.45) is 6.39. The highest BCUT2D eigenvalue weighted by molar-refractivity contribution is 6.28. The molecule has 0 spiro atoms. The highest BCUT2D eigenvalue weighted by atomic mass is 16.6. The van der Waals surface area contributed by atoms with Crippen molar-refractivity contribution in [1.29, 1.82) is 0 Å². The molecule has 4 heterocycles. The van der Waals surface area contributed by atoms with E-state index < -0.39 is 35.3 Å². The average Bonchev–Trinajstić information content (AvgIpc) is 3.31. The summed E-state index contributed by atoms with van der Waals surface area (Å²) in [6.45, 7) is 5.09. The molecule has 2 aliphatic rings. The molecule has 4 rings (SSSR count). The van der Waals surface area contributed by atoms with Crippen molar-refractivity contribution >= 4 is 52.7 Å². The summed E-state index contributed by atoms with van der Waals surface area (Å²) < 4.78 is 5.45. The SMILES string of the molecule is CC(C)(C)OC(=O)N(Nc1ccc(N2C(=O)C=CC2=O)cn1)c1ccc(N2C(=O)C=CC2=O)cn1. The van der Waals surface area contributed by atoms with Crippen molar-refractivity contribution in [3.8, 4) is 0 Å². The number of hydrogen-bond donors (Lipinski definition) is 1.